The predicted molar refractivity (Wildman–Crippen MR) is 42.1 cm³/mol. The summed E-state index contributed by atoms with van der Waals surface area (Å²) in [6.45, 7) is 1.99. The largest absolute Gasteiger partial charge is 0.481 e. The van der Waals surface area contributed by atoms with E-state index in [1.54, 1.807) is 0 Å². The zero-order valence-corrected chi connectivity index (χ0v) is 6.79. The molecule has 3 unspecified atom stereocenters. The van der Waals surface area contributed by atoms with E-state index in [9.17, 15) is 4.79 Å². The van der Waals surface area contributed by atoms with Crippen molar-refractivity contribution in [1.29, 1.82) is 0 Å². The Labute approximate surface area is 66.6 Å². The van der Waals surface area contributed by atoms with Crippen molar-refractivity contribution >= 4 is 5.97 Å². The SMILES string of the molecule is CC1CCC(N)CC1C(=O)O. The van der Waals surface area contributed by atoms with Gasteiger partial charge in [-0.05, 0) is 25.2 Å². The zero-order chi connectivity index (χ0) is 8.43. The minimum atomic E-state index is -0.687. The van der Waals surface area contributed by atoms with Crippen molar-refractivity contribution in [3.05, 3.63) is 0 Å². The summed E-state index contributed by atoms with van der Waals surface area (Å²) < 4.78 is 0. The molecule has 0 aromatic rings. The fourth-order valence-electron chi connectivity index (χ4n) is 1.70. The molecule has 0 spiro atoms. The van der Waals surface area contributed by atoms with Crippen LogP contribution >= 0.6 is 0 Å². The summed E-state index contributed by atoms with van der Waals surface area (Å²) in [6.07, 6.45) is 2.58. The molecule has 0 bridgehead atoms. The first-order valence-electron chi connectivity index (χ1n) is 4.09. The van der Waals surface area contributed by atoms with E-state index in [2.05, 4.69) is 0 Å². The normalized spacial score (nSPS) is 38.5. The number of aliphatic carboxylic acids is 1. The molecular formula is C8H15NO2. The highest BCUT2D eigenvalue weighted by molar-refractivity contribution is 5.70. The lowest BCUT2D eigenvalue weighted by atomic mass is 9.78. The van der Waals surface area contributed by atoms with Gasteiger partial charge in [-0.1, -0.05) is 6.92 Å². The van der Waals surface area contributed by atoms with E-state index in [0.717, 1.165) is 12.8 Å². The van der Waals surface area contributed by atoms with E-state index in [4.69, 9.17) is 10.8 Å². The third-order valence-electron chi connectivity index (χ3n) is 2.55. The molecule has 3 nitrogen and oxygen atoms in total. The Morgan fingerprint density at radius 1 is 1.55 bits per heavy atom. The van der Waals surface area contributed by atoms with Crippen LogP contribution in [0.15, 0.2) is 0 Å². The first-order chi connectivity index (χ1) is 5.11. The van der Waals surface area contributed by atoms with E-state index >= 15 is 0 Å². The van der Waals surface area contributed by atoms with Crippen LogP contribution in [-0.4, -0.2) is 17.1 Å². The van der Waals surface area contributed by atoms with Crippen LogP contribution in [0.3, 0.4) is 0 Å². The van der Waals surface area contributed by atoms with Gasteiger partial charge in [0.25, 0.3) is 0 Å². The highest BCUT2D eigenvalue weighted by Crippen LogP contribution is 2.28. The van der Waals surface area contributed by atoms with Crippen LogP contribution in [0.2, 0.25) is 0 Å². The molecule has 0 saturated heterocycles. The van der Waals surface area contributed by atoms with Crippen molar-refractivity contribution in [1.82, 2.24) is 0 Å². The van der Waals surface area contributed by atoms with Crippen LogP contribution in [0.5, 0.6) is 0 Å². The smallest absolute Gasteiger partial charge is 0.306 e. The maximum Gasteiger partial charge on any atom is 0.306 e. The van der Waals surface area contributed by atoms with E-state index < -0.39 is 5.97 Å². The topological polar surface area (TPSA) is 63.3 Å². The van der Waals surface area contributed by atoms with Gasteiger partial charge in [-0.2, -0.15) is 0 Å². The van der Waals surface area contributed by atoms with E-state index in [-0.39, 0.29) is 12.0 Å². The molecule has 0 aromatic heterocycles. The molecule has 1 aliphatic rings. The fourth-order valence-corrected chi connectivity index (χ4v) is 1.70. The Hall–Kier alpha value is -0.570. The van der Waals surface area contributed by atoms with E-state index in [0.29, 0.717) is 12.3 Å². The summed E-state index contributed by atoms with van der Waals surface area (Å²) in [5.74, 6) is -0.598. The summed E-state index contributed by atoms with van der Waals surface area (Å²) in [6, 6.07) is 0.104. The minimum Gasteiger partial charge on any atom is -0.481 e. The summed E-state index contributed by atoms with van der Waals surface area (Å²) in [4.78, 5) is 10.7. The number of rotatable bonds is 1. The van der Waals surface area contributed by atoms with Gasteiger partial charge in [-0.3, -0.25) is 4.79 Å². The molecular weight excluding hydrogens is 142 g/mol. The molecule has 0 heterocycles. The lowest BCUT2D eigenvalue weighted by Crippen LogP contribution is -2.36. The van der Waals surface area contributed by atoms with Crippen LogP contribution in [0.1, 0.15) is 26.2 Å². The van der Waals surface area contributed by atoms with Gasteiger partial charge in [0.2, 0.25) is 0 Å². The second-order valence-electron chi connectivity index (χ2n) is 3.50. The monoisotopic (exact) mass is 157 g/mol. The summed E-state index contributed by atoms with van der Waals surface area (Å²) in [5, 5.41) is 8.77. The van der Waals surface area contributed by atoms with Gasteiger partial charge in [0.05, 0.1) is 5.92 Å². The van der Waals surface area contributed by atoms with Gasteiger partial charge in [0.15, 0.2) is 0 Å². The average molecular weight is 157 g/mol. The number of hydrogen-bond donors (Lipinski definition) is 2. The van der Waals surface area contributed by atoms with Gasteiger partial charge in [0.1, 0.15) is 0 Å². The highest BCUT2D eigenvalue weighted by atomic mass is 16.4. The van der Waals surface area contributed by atoms with Crippen LogP contribution < -0.4 is 5.73 Å². The first kappa shape index (κ1) is 8.53. The van der Waals surface area contributed by atoms with Crippen molar-refractivity contribution in [2.24, 2.45) is 17.6 Å². The second-order valence-corrected chi connectivity index (χ2v) is 3.50. The highest BCUT2D eigenvalue weighted by Gasteiger charge is 2.30. The average Bonchev–Trinajstić information content (AvgIpc) is 1.94. The van der Waals surface area contributed by atoms with Crippen LogP contribution in [0.25, 0.3) is 0 Å². The lowest BCUT2D eigenvalue weighted by molar-refractivity contribution is -0.144. The molecule has 1 fully saturated rings. The summed E-state index contributed by atoms with van der Waals surface area (Å²) in [5.41, 5.74) is 5.66. The molecule has 1 aliphatic carbocycles. The van der Waals surface area contributed by atoms with Crippen molar-refractivity contribution < 1.29 is 9.90 Å². The first-order valence-corrected chi connectivity index (χ1v) is 4.09. The molecule has 11 heavy (non-hydrogen) atoms. The van der Waals surface area contributed by atoms with Crippen LogP contribution in [0.4, 0.5) is 0 Å². The van der Waals surface area contributed by atoms with Crippen molar-refractivity contribution in [2.45, 2.75) is 32.2 Å². The van der Waals surface area contributed by atoms with Crippen molar-refractivity contribution in [2.75, 3.05) is 0 Å². The number of hydrogen-bond acceptors (Lipinski definition) is 2. The maximum absolute atomic E-state index is 10.7. The molecule has 3 atom stereocenters. The number of carbonyl (C=O) groups is 1. The summed E-state index contributed by atoms with van der Waals surface area (Å²) >= 11 is 0. The van der Waals surface area contributed by atoms with Gasteiger partial charge >= 0.3 is 5.97 Å². The molecule has 0 amide bonds. The Balaban J connectivity index is 2.54. The van der Waals surface area contributed by atoms with Gasteiger partial charge in [-0.25, -0.2) is 0 Å². The third-order valence-corrected chi connectivity index (χ3v) is 2.55. The fraction of sp³-hybridized carbons (Fsp3) is 0.875. The molecule has 1 rings (SSSR count). The lowest BCUT2D eigenvalue weighted by Gasteiger charge is -2.29. The Morgan fingerprint density at radius 3 is 2.64 bits per heavy atom. The second kappa shape index (κ2) is 3.22. The van der Waals surface area contributed by atoms with E-state index in [1.807, 2.05) is 6.92 Å². The summed E-state index contributed by atoms with van der Waals surface area (Å²) in [7, 11) is 0. The quantitative estimate of drug-likeness (QED) is 0.592. The molecule has 3 heteroatoms. The predicted octanol–water partition coefficient (Wildman–Crippen LogP) is 0.835. The van der Waals surface area contributed by atoms with Crippen molar-refractivity contribution in [3.63, 3.8) is 0 Å². The van der Waals surface area contributed by atoms with Crippen molar-refractivity contribution in [3.8, 4) is 0 Å². The molecule has 1 saturated carbocycles. The molecule has 64 valence electrons. The standard InChI is InChI=1S/C8H15NO2/c1-5-2-3-6(9)4-7(5)8(10)11/h5-7H,2-4,9H2,1H3,(H,10,11). The van der Waals surface area contributed by atoms with Crippen LogP contribution in [-0.2, 0) is 4.79 Å². The maximum atomic E-state index is 10.7. The Kier molecular flexibility index (Phi) is 2.49. The zero-order valence-electron chi connectivity index (χ0n) is 6.79. The Bertz CT molecular complexity index is 158. The van der Waals surface area contributed by atoms with Gasteiger partial charge in [0, 0.05) is 6.04 Å². The number of nitrogens with two attached hydrogens (primary N) is 1. The number of carboxylic acids is 1. The van der Waals surface area contributed by atoms with E-state index in [1.165, 1.54) is 0 Å². The van der Waals surface area contributed by atoms with Gasteiger partial charge < -0.3 is 10.8 Å². The third kappa shape index (κ3) is 1.93. The van der Waals surface area contributed by atoms with Gasteiger partial charge in [-0.15, -0.1) is 0 Å². The molecule has 0 aliphatic heterocycles. The Morgan fingerprint density at radius 2 is 2.18 bits per heavy atom. The molecule has 0 aromatic carbocycles. The molecule has 3 N–H and O–H groups in total. The minimum absolute atomic E-state index is 0.104. The molecule has 0 radical (unpaired) electrons. The van der Waals surface area contributed by atoms with Crippen LogP contribution in [0, 0.1) is 11.8 Å². The number of carboxylic acid groups (broad SMARTS) is 1.